The molecule has 0 heterocycles. The fourth-order valence-electron chi connectivity index (χ4n) is 5.48. The molecule has 0 fully saturated rings. The van der Waals surface area contributed by atoms with E-state index in [4.69, 9.17) is 14.2 Å². The molecule has 0 aromatic heterocycles. The van der Waals surface area contributed by atoms with E-state index in [2.05, 4.69) is 81.5 Å². The van der Waals surface area contributed by atoms with Gasteiger partial charge >= 0.3 is 17.9 Å². The van der Waals surface area contributed by atoms with Gasteiger partial charge in [0.2, 0.25) is 0 Å². The second-order valence-electron chi connectivity index (χ2n) is 13.9. The lowest BCUT2D eigenvalue weighted by Gasteiger charge is -2.18. The van der Waals surface area contributed by atoms with Gasteiger partial charge in [0.1, 0.15) is 13.2 Å². The summed E-state index contributed by atoms with van der Waals surface area (Å²) in [5, 5.41) is 0. The summed E-state index contributed by atoms with van der Waals surface area (Å²) in [6, 6.07) is 0. The fraction of sp³-hybridized carbons (Fsp3) is 0.681. The van der Waals surface area contributed by atoms with Crippen molar-refractivity contribution in [2.75, 3.05) is 13.2 Å². The van der Waals surface area contributed by atoms with Gasteiger partial charge in [0.05, 0.1) is 0 Å². The molecule has 0 saturated heterocycles. The van der Waals surface area contributed by atoms with Crippen molar-refractivity contribution in [2.24, 2.45) is 0 Å². The van der Waals surface area contributed by atoms with Crippen LogP contribution in [0.25, 0.3) is 0 Å². The quantitative estimate of drug-likeness (QED) is 0.0273. The maximum Gasteiger partial charge on any atom is 0.306 e. The second kappa shape index (κ2) is 41.6. The highest BCUT2D eigenvalue weighted by atomic mass is 16.6. The Balaban J connectivity index is 4.35. The number of esters is 3. The van der Waals surface area contributed by atoms with Crippen LogP contribution in [0.2, 0.25) is 0 Å². The zero-order valence-corrected chi connectivity index (χ0v) is 34.3. The largest absolute Gasteiger partial charge is 0.462 e. The molecule has 302 valence electrons. The van der Waals surface area contributed by atoms with E-state index in [0.717, 1.165) is 89.9 Å². The predicted octanol–water partition coefficient (Wildman–Crippen LogP) is 13.5. The van der Waals surface area contributed by atoms with E-state index in [9.17, 15) is 14.4 Å². The minimum Gasteiger partial charge on any atom is -0.462 e. The third-order valence-corrected chi connectivity index (χ3v) is 8.71. The number of carbonyl (C=O) groups is 3. The summed E-state index contributed by atoms with van der Waals surface area (Å²) in [5.41, 5.74) is 0. The van der Waals surface area contributed by atoms with E-state index in [1.54, 1.807) is 0 Å². The molecule has 0 N–H and O–H groups in total. The molecule has 53 heavy (non-hydrogen) atoms. The van der Waals surface area contributed by atoms with Gasteiger partial charge in [0.25, 0.3) is 0 Å². The first-order chi connectivity index (χ1) is 26.0. The second-order valence-corrected chi connectivity index (χ2v) is 13.9. The lowest BCUT2D eigenvalue weighted by atomic mass is 10.1. The summed E-state index contributed by atoms with van der Waals surface area (Å²) in [5.74, 6) is -1.02. The van der Waals surface area contributed by atoms with Crippen molar-refractivity contribution in [1.29, 1.82) is 0 Å². The lowest BCUT2D eigenvalue weighted by molar-refractivity contribution is -0.166. The maximum atomic E-state index is 12.6. The molecule has 6 nitrogen and oxygen atoms in total. The van der Waals surface area contributed by atoms with Gasteiger partial charge in [-0.05, 0) is 77.0 Å². The van der Waals surface area contributed by atoms with Crippen molar-refractivity contribution < 1.29 is 28.6 Å². The van der Waals surface area contributed by atoms with Crippen LogP contribution < -0.4 is 0 Å². The number of ether oxygens (including phenoxy) is 3. The van der Waals surface area contributed by atoms with Gasteiger partial charge in [-0.1, -0.05) is 164 Å². The molecule has 0 aromatic rings. The Hall–Kier alpha value is -3.15. The number of unbranched alkanes of at least 4 members (excludes halogenated alkanes) is 14. The van der Waals surface area contributed by atoms with Crippen LogP contribution in [-0.4, -0.2) is 37.2 Å². The summed E-state index contributed by atoms with van der Waals surface area (Å²) in [4.78, 5) is 37.4. The molecule has 0 bridgehead atoms. The molecule has 0 spiro atoms. The van der Waals surface area contributed by atoms with Gasteiger partial charge in [-0.25, -0.2) is 0 Å². The third kappa shape index (κ3) is 39.9. The zero-order chi connectivity index (χ0) is 38.7. The van der Waals surface area contributed by atoms with Crippen LogP contribution in [0.3, 0.4) is 0 Å². The van der Waals surface area contributed by atoms with Gasteiger partial charge in [-0.2, -0.15) is 0 Å². The molecule has 0 aliphatic rings. The first-order valence-electron chi connectivity index (χ1n) is 21.4. The van der Waals surface area contributed by atoms with Crippen LogP contribution in [-0.2, 0) is 28.6 Å². The van der Waals surface area contributed by atoms with Gasteiger partial charge in [-0.15, -0.1) is 0 Å². The van der Waals surface area contributed by atoms with Gasteiger partial charge in [0.15, 0.2) is 6.10 Å². The molecule has 0 amide bonds. The van der Waals surface area contributed by atoms with Crippen LogP contribution in [0.5, 0.6) is 0 Å². The summed E-state index contributed by atoms with van der Waals surface area (Å²) >= 11 is 0. The molecule has 6 heteroatoms. The van der Waals surface area contributed by atoms with E-state index in [-0.39, 0.29) is 31.6 Å². The Morgan fingerprint density at radius 3 is 1.26 bits per heavy atom. The van der Waals surface area contributed by atoms with Gasteiger partial charge < -0.3 is 14.2 Å². The van der Waals surface area contributed by atoms with Crippen molar-refractivity contribution in [1.82, 2.24) is 0 Å². The Labute approximate surface area is 325 Å². The van der Waals surface area contributed by atoms with Crippen molar-refractivity contribution >= 4 is 17.9 Å². The molecule has 0 saturated carbocycles. The molecule has 0 aliphatic carbocycles. The molecule has 0 aliphatic heterocycles. The average molecular weight is 739 g/mol. The summed E-state index contributed by atoms with van der Waals surface area (Å²) in [7, 11) is 0. The standard InChI is InChI=1S/C47H78O6/c1-4-7-10-13-15-17-19-21-22-23-24-26-27-29-31-34-37-40-46(49)52-43-44(42-51-45(48)39-36-33-12-9-6-3)53-47(50)41-38-35-32-30-28-25-20-18-16-14-11-8-5-2/h8,11,15-18,21-22,25,28,32,35,44H,4-7,9-10,12-14,19-20,23-24,26-27,29-31,33-34,36-43H2,1-3H3/b11-8-,17-15-,18-16-,22-21-,28-25-,35-32-. The van der Waals surface area contributed by atoms with Crippen LogP contribution in [0.15, 0.2) is 72.9 Å². The monoisotopic (exact) mass is 739 g/mol. The highest BCUT2D eigenvalue weighted by molar-refractivity contribution is 5.71. The van der Waals surface area contributed by atoms with Crippen molar-refractivity contribution in [3.63, 3.8) is 0 Å². The van der Waals surface area contributed by atoms with Crippen LogP contribution in [0.4, 0.5) is 0 Å². The molecule has 0 radical (unpaired) electrons. The summed E-state index contributed by atoms with van der Waals surface area (Å²) in [6.45, 7) is 6.31. The topological polar surface area (TPSA) is 78.9 Å². The Kier molecular flexibility index (Phi) is 39.1. The molecule has 0 rings (SSSR count). The van der Waals surface area contributed by atoms with Gasteiger partial charge in [-0.3, -0.25) is 14.4 Å². The zero-order valence-electron chi connectivity index (χ0n) is 34.3. The SMILES string of the molecule is CC/C=C\C/C=C\C/C=C\C/C=C\CCC(=O)OC(COC(=O)CCCCCCC)COC(=O)CCCCCCCCC/C=C\C/C=C\CCCCC. The van der Waals surface area contributed by atoms with Crippen LogP contribution in [0.1, 0.15) is 188 Å². The molecule has 1 unspecified atom stereocenters. The maximum absolute atomic E-state index is 12.6. The minimum absolute atomic E-state index is 0.108. The third-order valence-electron chi connectivity index (χ3n) is 8.71. The average Bonchev–Trinajstić information content (AvgIpc) is 3.15. The number of allylic oxidation sites excluding steroid dienone is 12. The predicted molar refractivity (Wildman–Crippen MR) is 224 cm³/mol. The molecule has 0 aromatic carbocycles. The Bertz CT molecular complexity index is 1030. The van der Waals surface area contributed by atoms with E-state index < -0.39 is 12.1 Å². The smallest absolute Gasteiger partial charge is 0.306 e. The fourth-order valence-corrected chi connectivity index (χ4v) is 5.48. The lowest BCUT2D eigenvalue weighted by Crippen LogP contribution is -2.30. The summed E-state index contributed by atoms with van der Waals surface area (Å²) < 4.78 is 16.5. The molecular weight excluding hydrogens is 661 g/mol. The first-order valence-corrected chi connectivity index (χ1v) is 21.4. The minimum atomic E-state index is -0.810. The number of rotatable bonds is 37. The van der Waals surface area contributed by atoms with Crippen LogP contribution >= 0.6 is 0 Å². The highest BCUT2D eigenvalue weighted by Crippen LogP contribution is 2.12. The van der Waals surface area contributed by atoms with Crippen molar-refractivity contribution in [3.05, 3.63) is 72.9 Å². The van der Waals surface area contributed by atoms with E-state index in [1.165, 1.54) is 51.4 Å². The summed E-state index contributed by atoms with van der Waals surface area (Å²) in [6.07, 6.45) is 50.7. The highest BCUT2D eigenvalue weighted by Gasteiger charge is 2.19. The number of hydrogen-bond donors (Lipinski definition) is 0. The molecular formula is C47H78O6. The first kappa shape index (κ1) is 49.9. The van der Waals surface area contributed by atoms with Gasteiger partial charge in [0, 0.05) is 19.3 Å². The molecule has 1 atom stereocenters. The number of carbonyl (C=O) groups excluding carboxylic acids is 3. The van der Waals surface area contributed by atoms with E-state index >= 15 is 0 Å². The van der Waals surface area contributed by atoms with E-state index in [0.29, 0.717) is 19.3 Å². The Morgan fingerprint density at radius 2 is 0.774 bits per heavy atom. The Morgan fingerprint density at radius 1 is 0.396 bits per heavy atom. The van der Waals surface area contributed by atoms with Crippen molar-refractivity contribution in [2.45, 2.75) is 194 Å². The van der Waals surface area contributed by atoms with Crippen molar-refractivity contribution in [3.8, 4) is 0 Å². The van der Waals surface area contributed by atoms with Crippen LogP contribution in [0, 0.1) is 0 Å². The number of hydrogen-bond acceptors (Lipinski definition) is 6. The van der Waals surface area contributed by atoms with E-state index in [1.807, 2.05) is 12.2 Å². The normalized spacial score (nSPS) is 12.7.